The summed E-state index contributed by atoms with van der Waals surface area (Å²) in [6.45, 7) is 2.05. The lowest BCUT2D eigenvalue weighted by atomic mass is 9.65. The molecule has 0 spiro atoms. The van der Waals surface area contributed by atoms with Crippen molar-refractivity contribution in [2.75, 3.05) is 4.90 Å². The Hall–Kier alpha value is -2.36. The zero-order valence-corrected chi connectivity index (χ0v) is 15.1. The van der Waals surface area contributed by atoms with E-state index in [9.17, 15) is 9.59 Å². The molecule has 3 aliphatic rings. The van der Waals surface area contributed by atoms with Crippen LogP contribution in [0.2, 0.25) is 0 Å². The van der Waals surface area contributed by atoms with Gasteiger partial charge in [0, 0.05) is 17.3 Å². The highest BCUT2D eigenvalue weighted by molar-refractivity contribution is 6.24. The first kappa shape index (κ1) is 15.9. The Morgan fingerprint density at radius 3 is 2.58 bits per heavy atom. The molecule has 2 aromatic rings. The average Bonchev–Trinajstić information content (AvgIpc) is 3.02. The minimum Gasteiger partial charge on any atom is -0.362 e. The van der Waals surface area contributed by atoms with Gasteiger partial charge in [-0.3, -0.25) is 9.59 Å². The number of benzene rings is 1. The first-order valence-electron chi connectivity index (χ1n) is 9.79. The van der Waals surface area contributed by atoms with E-state index in [2.05, 4.69) is 18.0 Å². The number of rotatable bonds is 1. The van der Waals surface area contributed by atoms with Crippen molar-refractivity contribution in [2.24, 2.45) is 11.8 Å². The molecule has 1 saturated heterocycles. The molecular weight excluding hydrogens is 324 g/mol. The number of anilines is 1. The Balaban J connectivity index is 1.66. The van der Waals surface area contributed by atoms with E-state index in [0.29, 0.717) is 11.6 Å². The van der Waals surface area contributed by atoms with Gasteiger partial charge in [0.2, 0.25) is 11.8 Å². The summed E-state index contributed by atoms with van der Waals surface area (Å²) in [6, 6.07) is 11.5. The summed E-state index contributed by atoms with van der Waals surface area (Å²) in [6.07, 6.45) is 5.76. The number of H-pyrrole nitrogens is 1. The van der Waals surface area contributed by atoms with Crippen LogP contribution >= 0.6 is 0 Å². The van der Waals surface area contributed by atoms with Crippen molar-refractivity contribution in [3.05, 3.63) is 53.3 Å². The molecule has 134 valence electrons. The van der Waals surface area contributed by atoms with Crippen LogP contribution in [0, 0.1) is 18.8 Å². The number of nitrogens with one attached hydrogen (secondary N) is 1. The monoisotopic (exact) mass is 348 g/mol. The molecule has 1 aliphatic heterocycles. The van der Waals surface area contributed by atoms with E-state index in [0.717, 1.165) is 30.5 Å². The predicted molar refractivity (Wildman–Crippen MR) is 100 cm³/mol. The zero-order chi connectivity index (χ0) is 17.8. The van der Waals surface area contributed by atoms with Gasteiger partial charge < -0.3 is 4.98 Å². The minimum absolute atomic E-state index is 0.00704. The summed E-state index contributed by atoms with van der Waals surface area (Å²) < 4.78 is 0. The quantitative estimate of drug-likeness (QED) is 0.782. The molecule has 2 amide bonds. The van der Waals surface area contributed by atoms with Crippen molar-refractivity contribution in [1.29, 1.82) is 0 Å². The molecule has 2 aliphatic carbocycles. The molecule has 4 heteroatoms. The zero-order valence-electron chi connectivity index (χ0n) is 15.1. The molecule has 2 unspecified atom stereocenters. The van der Waals surface area contributed by atoms with Crippen molar-refractivity contribution in [2.45, 2.75) is 50.9 Å². The van der Waals surface area contributed by atoms with Gasteiger partial charge in [0.1, 0.15) is 0 Å². The number of aromatic amines is 1. The van der Waals surface area contributed by atoms with Crippen LogP contribution in [0.15, 0.2) is 36.4 Å². The van der Waals surface area contributed by atoms with Crippen LogP contribution in [0.5, 0.6) is 0 Å². The molecular formula is C22H24N2O2. The van der Waals surface area contributed by atoms with Gasteiger partial charge in [-0.15, -0.1) is 0 Å². The van der Waals surface area contributed by atoms with E-state index < -0.39 is 0 Å². The number of aryl methyl sites for hydroxylation is 1. The minimum atomic E-state index is -0.318. The number of para-hydroxylation sites is 1. The maximum absolute atomic E-state index is 13.4. The average molecular weight is 348 g/mol. The molecule has 5 rings (SSSR count). The van der Waals surface area contributed by atoms with Crippen molar-refractivity contribution >= 4 is 17.5 Å². The van der Waals surface area contributed by atoms with Gasteiger partial charge in [-0.05, 0) is 49.4 Å². The summed E-state index contributed by atoms with van der Waals surface area (Å²) >= 11 is 0. The lowest BCUT2D eigenvalue weighted by molar-refractivity contribution is -0.123. The maximum Gasteiger partial charge on any atom is 0.242 e. The van der Waals surface area contributed by atoms with Crippen LogP contribution in [0.3, 0.4) is 0 Å². The summed E-state index contributed by atoms with van der Waals surface area (Å²) in [7, 11) is 0. The molecule has 2 heterocycles. The van der Waals surface area contributed by atoms with Gasteiger partial charge in [0.05, 0.1) is 17.5 Å². The fraction of sp³-hybridized carbons (Fsp3) is 0.455. The van der Waals surface area contributed by atoms with Gasteiger partial charge in [-0.2, -0.15) is 0 Å². The Morgan fingerprint density at radius 1 is 1.00 bits per heavy atom. The lowest BCUT2D eigenvalue weighted by Crippen LogP contribution is -2.35. The Bertz CT molecular complexity index is 870. The molecule has 4 atom stereocenters. The summed E-state index contributed by atoms with van der Waals surface area (Å²) in [5.41, 5.74) is 4.10. The molecule has 1 aromatic carbocycles. The number of amides is 2. The van der Waals surface area contributed by atoms with Crippen LogP contribution in [0.1, 0.15) is 60.9 Å². The third-order valence-corrected chi connectivity index (χ3v) is 6.62. The van der Waals surface area contributed by atoms with Gasteiger partial charge >= 0.3 is 0 Å². The second-order valence-electron chi connectivity index (χ2n) is 8.08. The van der Waals surface area contributed by atoms with Crippen LogP contribution in [0.25, 0.3) is 0 Å². The second-order valence-corrected chi connectivity index (χ2v) is 8.08. The number of nitrogens with zero attached hydrogens (tertiary/aromatic N) is 1. The van der Waals surface area contributed by atoms with E-state index in [1.165, 1.54) is 23.4 Å². The van der Waals surface area contributed by atoms with E-state index in [-0.39, 0.29) is 29.6 Å². The van der Waals surface area contributed by atoms with Gasteiger partial charge in [0.15, 0.2) is 0 Å². The molecule has 0 bridgehead atoms. The van der Waals surface area contributed by atoms with E-state index >= 15 is 0 Å². The fourth-order valence-electron chi connectivity index (χ4n) is 5.60. The van der Waals surface area contributed by atoms with Crippen molar-refractivity contribution in [1.82, 2.24) is 4.98 Å². The molecule has 1 saturated carbocycles. The number of hydrogen-bond acceptors (Lipinski definition) is 2. The third-order valence-electron chi connectivity index (χ3n) is 6.62. The number of aromatic nitrogens is 1. The highest BCUT2D eigenvalue weighted by Gasteiger charge is 2.57. The molecule has 4 nitrogen and oxygen atoms in total. The Kier molecular flexibility index (Phi) is 3.56. The van der Waals surface area contributed by atoms with Crippen LogP contribution in [-0.2, 0) is 9.59 Å². The highest BCUT2D eigenvalue weighted by Crippen LogP contribution is 2.55. The molecule has 1 aromatic heterocycles. The fourth-order valence-corrected chi connectivity index (χ4v) is 5.60. The Morgan fingerprint density at radius 2 is 1.77 bits per heavy atom. The first-order valence-corrected chi connectivity index (χ1v) is 9.79. The number of fused-ring (bicyclic) bond motifs is 6. The van der Waals surface area contributed by atoms with E-state index in [1.807, 2.05) is 30.3 Å². The number of hydrogen-bond donors (Lipinski definition) is 1. The van der Waals surface area contributed by atoms with E-state index in [1.54, 1.807) is 0 Å². The normalized spacial score (nSPS) is 30.6. The molecule has 1 N–H and O–H groups in total. The number of carbonyl (C=O) groups is 2. The highest BCUT2D eigenvalue weighted by atomic mass is 16.2. The van der Waals surface area contributed by atoms with Crippen LogP contribution < -0.4 is 4.90 Å². The summed E-state index contributed by atoms with van der Waals surface area (Å²) in [5, 5.41) is 0. The predicted octanol–water partition coefficient (Wildman–Crippen LogP) is 4.27. The maximum atomic E-state index is 13.4. The summed E-state index contributed by atoms with van der Waals surface area (Å²) in [5.74, 6) is 0.102. The van der Waals surface area contributed by atoms with Gasteiger partial charge in [-0.1, -0.05) is 37.5 Å². The van der Waals surface area contributed by atoms with Crippen LogP contribution in [0.4, 0.5) is 5.69 Å². The largest absolute Gasteiger partial charge is 0.362 e. The van der Waals surface area contributed by atoms with Crippen molar-refractivity contribution < 1.29 is 9.59 Å². The van der Waals surface area contributed by atoms with Gasteiger partial charge in [0.25, 0.3) is 0 Å². The van der Waals surface area contributed by atoms with Crippen molar-refractivity contribution in [3.8, 4) is 0 Å². The van der Waals surface area contributed by atoms with Crippen LogP contribution in [-0.4, -0.2) is 16.8 Å². The first-order chi connectivity index (χ1) is 12.7. The second kappa shape index (κ2) is 5.83. The third kappa shape index (κ3) is 2.14. The molecule has 26 heavy (non-hydrogen) atoms. The topological polar surface area (TPSA) is 53.2 Å². The van der Waals surface area contributed by atoms with Gasteiger partial charge in [-0.25, -0.2) is 4.90 Å². The van der Waals surface area contributed by atoms with Crippen molar-refractivity contribution in [3.63, 3.8) is 0 Å². The van der Waals surface area contributed by atoms with E-state index in [4.69, 9.17) is 0 Å². The lowest BCUT2D eigenvalue weighted by Gasteiger charge is -2.36. The smallest absolute Gasteiger partial charge is 0.242 e. The number of imide groups is 1. The molecule has 0 radical (unpaired) electrons. The standard InChI is InChI=1S/C22H24N2O2/c1-13-12-17-19-18(15-10-6-3-7-11-16(15)20(17)23-13)21(25)24(22(19)26)14-8-4-2-5-9-14/h2,4-5,8-9,12,15-16,18-19,23H,3,6-7,10-11H2,1H3/t15?,16?,18-,19+/m0/s1. The SMILES string of the molecule is Cc1cc2c([nH]1)C1CCCCCC1[C@@H]1C(=O)N(c3ccccc3)C(=O)[C@H]21. The number of carbonyl (C=O) groups excluding carboxylic acids is 2. The Labute approximate surface area is 153 Å². The summed E-state index contributed by atoms with van der Waals surface area (Å²) in [4.78, 5) is 31.8. The molecule has 2 fully saturated rings.